The minimum absolute atomic E-state index is 0.121. The van der Waals surface area contributed by atoms with Crippen LogP contribution in [0, 0.1) is 0 Å². The third-order valence-electron chi connectivity index (χ3n) is 4.34. The van der Waals surface area contributed by atoms with E-state index in [1.165, 1.54) is 0 Å². The van der Waals surface area contributed by atoms with Gasteiger partial charge in [-0.05, 0) is 61.4 Å². The van der Waals surface area contributed by atoms with Crippen molar-refractivity contribution in [2.75, 3.05) is 7.05 Å². The van der Waals surface area contributed by atoms with Crippen LogP contribution in [0.5, 0.6) is 0 Å². The highest BCUT2D eigenvalue weighted by molar-refractivity contribution is 5.84. The number of carbonyl (C=O) groups excluding carboxylic acids is 1. The summed E-state index contributed by atoms with van der Waals surface area (Å²) in [6, 6.07) is 0.507. The molecule has 19 heavy (non-hydrogen) atoms. The van der Waals surface area contributed by atoms with Gasteiger partial charge in [0, 0.05) is 17.6 Å². The van der Waals surface area contributed by atoms with Gasteiger partial charge < -0.3 is 11.1 Å². The second-order valence-electron chi connectivity index (χ2n) is 6.83. The lowest BCUT2D eigenvalue weighted by atomic mass is 9.88. The van der Waals surface area contributed by atoms with Crippen LogP contribution in [-0.2, 0) is 4.79 Å². The summed E-state index contributed by atoms with van der Waals surface area (Å²) in [6.07, 6.45) is 1.78. The van der Waals surface area contributed by atoms with Gasteiger partial charge in [-0.15, -0.1) is 0 Å². The normalized spacial score (nSPS) is 17.6. The van der Waals surface area contributed by atoms with Gasteiger partial charge in [-0.2, -0.15) is 0 Å². The van der Waals surface area contributed by atoms with E-state index in [-0.39, 0.29) is 23.5 Å². The molecule has 0 aromatic heterocycles. The molecule has 0 spiro atoms. The van der Waals surface area contributed by atoms with Crippen molar-refractivity contribution in [1.29, 1.82) is 0 Å². The molecule has 0 aromatic rings. The summed E-state index contributed by atoms with van der Waals surface area (Å²) in [5.41, 5.74) is 5.05. The van der Waals surface area contributed by atoms with Crippen LogP contribution in [-0.4, -0.2) is 41.0 Å². The monoisotopic (exact) mass is 271 g/mol. The van der Waals surface area contributed by atoms with Crippen LogP contribution in [0.2, 0.25) is 0 Å². The summed E-state index contributed by atoms with van der Waals surface area (Å²) in [5, 5.41) is 3.31. The first-order chi connectivity index (χ1) is 8.46. The molecule has 0 fully saturated rings. The van der Waals surface area contributed by atoms with E-state index in [9.17, 15) is 4.79 Å². The third kappa shape index (κ3) is 5.11. The lowest BCUT2D eigenvalue weighted by Crippen LogP contribution is -2.59. The maximum Gasteiger partial charge on any atom is 0.237 e. The van der Waals surface area contributed by atoms with Crippen LogP contribution in [0.1, 0.15) is 61.3 Å². The molecule has 0 radical (unpaired) electrons. The fourth-order valence-electron chi connectivity index (χ4n) is 2.44. The van der Waals surface area contributed by atoms with Crippen molar-refractivity contribution in [3.63, 3.8) is 0 Å². The predicted molar refractivity (Wildman–Crippen MR) is 82.1 cm³/mol. The summed E-state index contributed by atoms with van der Waals surface area (Å²) in [5.74, 6) is -0.282. The lowest BCUT2D eigenvalue weighted by molar-refractivity contribution is -0.125. The van der Waals surface area contributed by atoms with E-state index >= 15 is 0 Å². The van der Waals surface area contributed by atoms with Gasteiger partial charge in [0.1, 0.15) is 0 Å². The molecule has 0 aliphatic heterocycles. The Hall–Kier alpha value is -0.610. The van der Waals surface area contributed by atoms with Gasteiger partial charge in [-0.3, -0.25) is 9.69 Å². The maximum absolute atomic E-state index is 11.8. The van der Waals surface area contributed by atoms with E-state index in [0.29, 0.717) is 6.42 Å². The van der Waals surface area contributed by atoms with E-state index in [0.717, 1.165) is 6.42 Å². The van der Waals surface area contributed by atoms with Crippen LogP contribution in [0.15, 0.2) is 0 Å². The number of nitrogens with one attached hydrogen (secondary N) is 1. The molecule has 4 heteroatoms. The van der Waals surface area contributed by atoms with Crippen LogP contribution in [0.3, 0.4) is 0 Å². The zero-order chi connectivity index (χ0) is 15.4. The van der Waals surface area contributed by atoms with E-state index in [4.69, 9.17) is 5.73 Å². The SMILES string of the molecule is CCC(C)(C)N(C)C(C)CC(C)(NC(C)C)C(N)=O. The maximum atomic E-state index is 11.8. The van der Waals surface area contributed by atoms with Crippen LogP contribution in [0.25, 0.3) is 0 Å². The van der Waals surface area contributed by atoms with Crippen LogP contribution in [0.4, 0.5) is 0 Å². The van der Waals surface area contributed by atoms with Gasteiger partial charge in [0.05, 0.1) is 5.54 Å². The van der Waals surface area contributed by atoms with Crippen LogP contribution < -0.4 is 11.1 Å². The zero-order valence-corrected chi connectivity index (χ0v) is 14.0. The van der Waals surface area contributed by atoms with Gasteiger partial charge in [0.2, 0.25) is 5.91 Å². The highest BCUT2D eigenvalue weighted by atomic mass is 16.1. The summed E-state index contributed by atoms with van der Waals surface area (Å²) < 4.78 is 0. The number of hydrogen-bond donors (Lipinski definition) is 2. The zero-order valence-electron chi connectivity index (χ0n) is 14.0. The molecule has 0 aliphatic carbocycles. The first kappa shape index (κ1) is 18.4. The molecule has 2 unspecified atom stereocenters. The molecule has 0 aromatic carbocycles. The first-order valence-electron chi connectivity index (χ1n) is 7.27. The largest absolute Gasteiger partial charge is 0.368 e. The number of nitrogens with two attached hydrogens (primary N) is 1. The number of carbonyl (C=O) groups is 1. The Kier molecular flexibility index (Phi) is 6.49. The third-order valence-corrected chi connectivity index (χ3v) is 4.34. The van der Waals surface area contributed by atoms with E-state index < -0.39 is 5.54 Å². The smallest absolute Gasteiger partial charge is 0.237 e. The number of hydrogen-bond acceptors (Lipinski definition) is 3. The van der Waals surface area contributed by atoms with E-state index in [2.05, 4.69) is 45.0 Å². The Labute approximate surface area is 119 Å². The quantitative estimate of drug-likeness (QED) is 0.711. The van der Waals surface area contributed by atoms with Crippen molar-refractivity contribution in [3.05, 3.63) is 0 Å². The van der Waals surface area contributed by atoms with Crippen molar-refractivity contribution in [1.82, 2.24) is 10.2 Å². The second kappa shape index (κ2) is 6.71. The summed E-state index contributed by atoms with van der Waals surface area (Å²) in [7, 11) is 2.12. The van der Waals surface area contributed by atoms with Gasteiger partial charge in [0.25, 0.3) is 0 Å². The standard InChI is InChI=1S/C15H33N3O/c1-9-14(5,6)18(8)12(4)10-15(7,13(16)19)17-11(2)3/h11-12,17H,9-10H2,1-8H3,(H2,16,19). The molecule has 114 valence electrons. The van der Waals surface area contributed by atoms with E-state index in [1.807, 2.05) is 20.8 Å². The Morgan fingerprint density at radius 1 is 1.26 bits per heavy atom. The minimum Gasteiger partial charge on any atom is -0.368 e. The van der Waals surface area contributed by atoms with Gasteiger partial charge in [-0.1, -0.05) is 6.92 Å². The minimum atomic E-state index is -0.661. The topological polar surface area (TPSA) is 58.4 Å². The molecule has 0 saturated heterocycles. The van der Waals surface area contributed by atoms with Gasteiger partial charge in [-0.25, -0.2) is 0 Å². The molecule has 0 heterocycles. The Morgan fingerprint density at radius 3 is 2.05 bits per heavy atom. The molecule has 0 saturated carbocycles. The molecular weight excluding hydrogens is 238 g/mol. The van der Waals surface area contributed by atoms with Crippen molar-refractivity contribution >= 4 is 5.91 Å². The van der Waals surface area contributed by atoms with Gasteiger partial charge in [0.15, 0.2) is 0 Å². The average Bonchev–Trinajstić information content (AvgIpc) is 2.26. The molecule has 0 rings (SSSR count). The Morgan fingerprint density at radius 2 is 1.74 bits per heavy atom. The van der Waals surface area contributed by atoms with Crippen molar-refractivity contribution in [2.24, 2.45) is 5.73 Å². The Balaban J connectivity index is 4.92. The molecule has 0 bridgehead atoms. The summed E-state index contributed by atoms with van der Waals surface area (Å²) in [6.45, 7) is 14.8. The molecule has 4 nitrogen and oxygen atoms in total. The fraction of sp³-hybridized carbons (Fsp3) is 0.933. The highest BCUT2D eigenvalue weighted by Gasteiger charge is 2.36. The number of nitrogens with zero attached hydrogens (tertiary/aromatic N) is 1. The number of primary amides is 1. The second-order valence-corrected chi connectivity index (χ2v) is 6.83. The summed E-state index contributed by atoms with van der Waals surface area (Å²) >= 11 is 0. The van der Waals surface area contributed by atoms with Crippen molar-refractivity contribution in [3.8, 4) is 0 Å². The predicted octanol–water partition coefficient (Wildman–Crippen LogP) is 2.13. The number of amides is 1. The van der Waals surface area contributed by atoms with Crippen molar-refractivity contribution < 1.29 is 4.79 Å². The molecule has 3 N–H and O–H groups in total. The number of rotatable bonds is 8. The molecule has 0 aliphatic rings. The highest BCUT2D eigenvalue weighted by Crippen LogP contribution is 2.24. The Bertz CT molecular complexity index is 302. The fourth-order valence-corrected chi connectivity index (χ4v) is 2.44. The average molecular weight is 271 g/mol. The first-order valence-corrected chi connectivity index (χ1v) is 7.27. The van der Waals surface area contributed by atoms with Crippen molar-refractivity contribution in [2.45, 2.75) is 84.5 Å². The van der Waals surface area contributed by atoms with Crippen LogP contribution >= 0.6 is 0 Å². The molecular formula is C15H33N3O. The molecule has 1 amide bonds. The molecule has 2 atom stereocenters. The van der Waals surface area contributed by atoms with E-state index in [1.54, 1.807) is 0 Å². The van der Waals surface area contributed by atoms with Gasteiger partial charge >= 0.3 is 0 Å². The summed E-state index contributed by atoms with van der Waals surface area (Å²) in [4.78, 5) is 14.1. The lowest BCUT2D eigenvalue weighted by Gasteiger charge is -2.42.